The molecule has 1 atom stereocenters. The van der Waals surface area contributed by atoms with Crippen LogP contribution in [0.1, 0.15) is 16.7 Å². The molecule has 0 aliphatic heterocycles. The molecule has 1 N–H and O–H groups in total. The lowest BCUT2D eigenvalue weighted by atomic mass is 10.1. The van der Waals surface area contributed by atoms with Crippen molar-refractivity contribution in [2.24, 2.45) is 0 Å². The summed E-state index contributed by atoms with van der Waals surface area (Å²) in [5.74, 6) is 0.392. The van der Waals surface area contributed by atoms with Gasteiger partial charge in [0, 0.05) is 10.3 Å². The molecular weight excluding hydrogens is 329 g/mol. The first kappa shape index (κ1) is 12.8. The molecule has 0 aliphatic carbocycles. The maximum absolute atomic E-state index is 13.7. The zero-order valence-electron chi connectivity index (χ0n) is 10.1. The monoisotopic (exact) mass is 339 g/mol. The van der Waals surface area contributed by atoms with Crippen LogP contribution in [0, 0.1) is 5.82 Å². The summed E-state index contributed by atoms with van der Waals surface area (Å²) in [7, 11) is 1.86. The van der Waals surface area contributed by atoms with E-state index in [2.05, 4.69) is 21.2 Å². The Morgan fingerprint density at radius 3 is 2.79 bits per heavy atom. The molecule has 0 saturated heterocycles. The first-order valence-corrected chi connectivity index (χ1v) is 7.40. The zero-order chi connectivity index (χ0) is 13.4. The summed E-state index contributed by atoms with van der Waals surface area (Å²) in [6.45, 7) is 0. The molecule has 0 spiro atoms. The van der Waals surface area contributed by atoms with Crippen molar-refractivity contribution in [2.75, 3.05) is 7.05 Å². The van der Waals surface area contributed by atoms with Crippen LogP contribution in [0.2, 0.25) is 0 Å². The average molecular weight is 340 g/mol. The fraction of sp³-hybridized carbons (Fsp3) is 0.143. The van der Waals surface area contributed by atoms with Gasteiger partial charge in [-0.05, 0) is 47.2 Å². The molecule has 0 saturated carbocycles. The molecule has 3 aromatic rings. The molecule has 5 heteroatoms. The Morgan fingerprint density at radius 2 is 2.16 bits per heavy atom. The summed E-state index contributed by atoms with van der Waals surface area (Å²) in [6, 6.07) is 10.8. The lowest BCUT2D eigenvalue weighted by molar-refractivity contribution is 0.479. The highest BCUT2D eigenvalue weighted by Crippen LogP contribution is 2.34. The summed E-state index contributed by atoms with van der Waals surface area (Å²) in [5.41, 5.74) is 0.313. The Labute approximate surface area is 122 Å². The quantitative estimate of drug-likeness (QED) is 0.747. The van der Waals surface area contributed by atoms with Gasteiger partial charge in [-0.25, -0.2) is 4.39 Å². The van der Waals surface area contributed by atoms with Crippen LogP contribution in [0.3, 0.4) is 0 Å². The molecule has 0 aliphatic rings. The van der Waals surface area contributed by atoms with Crippen molar-refractivity contribution in [3.8, 4) is 0 Å². The second-order valence-electron chi connectivity index (χ2n) is 4.17. The number of rotatable bonds is 3. The van der Waals surface area contributed by atoms with Crippen LogP contribution in [-0.4, -0.2) is 7.05 Å². The van der Waals surface area contributed by atoms with Gasteiger partial charge in [0.1, 0.15) is 11.8 Å². The second kappa shape index (κ2) is 5.07. The number of fused-ring (bicyclic) bond motifs is 1. The minimum atomic E-state index is -0.328. The molecular formula is C14H11BrFNOS. The van der Waals surface area contributed by atoms with Crippen LogP contribution in [-0.2, 0) is 0 Å². The van der Waals surface area contributed by atoms with Crippen LogP contribution in [0.4, 0.5) is 4.39 Å². The summed E-state index contributed by atoms with van der Waals surface area (Å²) in [4.78, 5) is 1.12. The minimum Gasteiger partial charge on any atom is -0.456 e. The van der Waals surface area contributed by atoms with Crippen molar-refractivity contribution in [3.05, 3.63) is 56.6 Å². The first-order chi connectivity index (χ1) is 9.19. The molecule has 19 heavy (non-hydrogen) atoms. The van der Waals surface area contributed by atoms with Crippen LogP contribution in [0.15, 0.2) is 44.6 Å². The molecule has 2 heterocycles. The van der Waals surface area contributed by atoms with E-state index in [0.717, 1.165) is 19.8 Å². The number of halogens is 2. The Morgan fingerprint density at radius 1 is 1.32 bits per heavy atom. The Bertz CT molecular complexity index is 721. The number of benzene rings is 1. The Hall–Kier alpha value is -1.17. The molecule has 2 aromatic heterocycles. The van der Waals surface area contributed by atoms with Gasteiger partial charge in [-0.1, -0.05) is 12.1 Å². The van der Waals surface area contributed by atoms with E-state index in [1.807, 2.05) is 31.3 Å². The number of thiophene rings is 1. The largest absolute Gasteiger partial charge is 0.456 e. The summed E-state index contributed by atoms with van der Waals surface area (Å²) < 4.78 is 20.4. The van der Waals surface area contributed by atoms with Crippen molar-refractivity contribution >= 4 is 38.2 Å². The highest BCUT2D eigenvalue weighted by molar-refractivity contribution is 9.11. The van der Waals surface area contributed by atoms with Crippen LogP contribution in [0.25, 0.3) is 11.0 Å². The van der Waals surface area contributed by atoms with Gasteiger partial charge in [0.25, 0.3) is 0 Å². The van der Waals surface area contributed by atoms with Gasteiger partial charge in [-0.3, -0.25) is 0 Å². The van der Waals surface area contributed by atoms with Crippen LogP contribution in [0.5, 0.6) is 0 Å². The molecule has 98 valence electrons. The van der Waals surface area contributed by atoms with E-state index in [-0.39, 0.29) is 11.9 Å². The third-order valence-corrected chi connectivity index (χ3v) is 4.66. The van der Waals surface area contributed by atoms with Crippen molar-refractivity contribution in [2.45, 2.75) is 6.04 Å². The molecule has 0 bridgehead atoms. The number of furan rings is 1. The number of para-hydroxylation sites is 1. The van der Waals surface area contributed by atoms with Crippen LogP contribution >= 0.6 is 27.3 Å². The van der Waals surface area contributed by atoms with E-state index in [1.165, 1.54) is 6.07 Å². The van der Waals surface area contributed by atoms with Gasteiger partial charge in [-0.15, -0.1) is 11.3 Å². The van der Waals surface area contributed by atoms with Crippen molar-refractivity contribution in [1.29, 1.82) is 0 Å². The normalized spacial score (nSPS) is 13.0. The predicted molar refractivity (Wildman–Crippen MR) is 79.1 cm³/mol. The molecule has 2 nitrogen and oxygen atoms in total. The van der Waals surface area contributed by atoms with Crippen LogP contribution < -0.4 is 5.32 Å². The third-order valence-electron chi connectivity index (χ3n) is 2.97. The van der Waals surface area contributed by atoms with Gasteiger partial charge in [0.05, 0.1) is 3.79 Å². The highest BCUT2D eigenvalue weighted by atomic mass is 79.9. The van der Waals surface area contributed by atoms with Crippen molar-refractivity contribution < 1.29 is 8.81 Å². The highest BCUT2D eigenvalue weighted by Gasteiger charge is 2.19. The Kier molecular flexibility index (Phi) is 3.43. The second-order valence-corrected chi connectivity index (χ2v) is 6.67. The maximum Gasteiger partial charge on any atom is 0.169 e. The molecule has 3 rings (SSSR count). The smallest absolute Gasteiger partial charge is 0.169 e. The van der Waals surface area contributed by atoms with Gasteiger partial charge in [0.2, 0.25) is 0 Å². The zero-order valence-corrected chi connectivity index (χ0v) is 12.5. The van der Waals surface area contributed by atoms with Gasteiger partial charge >= 0.3 is 0 Å². The SMILES string of the molecule is CNC(c1cc2cccc(F)c2o1)c1ccc(Br)s1. The molecule has 1 aromatic carbocycles. The lowest BCUT2D eigenvalue weighted by Gasteiger charge is -2.10. The summed E-state index contributed by atoms with van der Waals surface area (Å²) in [6.07, 6.45) is 0. The van der Waals surface area contributed by atoms with Gasteiger partial charge < -0.3 is 9.73 Å². The van der Waals surface area contributed by atoms with E-state index in [9.17, 15) is 4.39 Å². The summed E-state index contributed by atoms with van der Waals surface area (Å²) in [5, 5.41) is 3.98. The molecule has 0 radical (unpaired) electrons. The number of hydrogen-bond donors (Lipinski definition) is 1. The van der Waals surface area contributed by atoms with E-state index in [1.54, 1.807) is 17.4 Å². The van der Waals surface area contributed by atoms with E-state index < -0.39 is 0 Å². The minimum absolute atomic E-state index is 0.0666. The Balaban J connectivity index is 2.09. The first-order valence-electron chi connectivity index (χ1n) is 5.79. The van der Waals surface area contributed by atoms with Crippen molar-refractivity contribution in [3.63, 3.8) is 0 Å². The number of nitrogens with one attached hydrogen (secondary N) is 1. The third kappa shape index (κ3) is 2.33. The van der Waals surface area contributed by atoms with Gasteiger partial charge in [-0.2, -0.15) is 0 Å². The predicted octanol–water partition coefficient (Wildman–Crippen LogP) is 4.70. The molecule has 0 fully saturated rings. The fourth-order valence-electron chi connectivity index (χ4n) is 2.10. The lowest BCUT2D eigenvalue weighted by Crippen LogP contribution is -2.15. The standard InChI is InChI=1S/C14H11BrFNOS/c1-17-13(11-5-6-12(15)19-11)10-7-8-3-2-4-9(16)14(8)18-10/h2-7,13,17H,1H3. The fourth-order valence-corrected chi connectivity index (χ4v) is 3.64. The topological polar surface area (TPSA) is 25.2 Å². The number of hydrogen-bond acceptors (Lipinski definition) is 3. The van der Waals surface area contributed by atoms with E-state index in [0.29, 0.717) is 5.58 Å². The summed E-state index contributed by atoms with van der Waals surface area (Å²) >= 11 is 5.08. The van der Waals surface area contributed by atoms with E-state index in [4.69, 9.17) is 4.42 Å². The maximum atomic E-state index is 13.7. The molecule has 0 amide bonds. The average Bonchev–Trinajstić information content (AvgIpc) is 2.98. The van der Waals surface area contributed by atoms with Gasteiger partial charge in [0.15, 0.2) is 11.4 Å². The van der Waals surface area contributed by atoms with E-state index >= 15 is 0 Å². The molecule has 1 unspecified atom stereocenters. The van der Waals surface area contributed by atoms with Crippen molar-refractivity contribution in [1.82, 2.24) is 5.32 Å².